The average Bonchev–Trinajstić information content (AvgIpc) is 1.40. The lowest BCUT2D eigenvalue weighted by Crippen LogP contribution is -2.69. The van der Waals surface area contributed by atoms with Crippen LogP contribution in [0.1, 0.15) is 139 Å². The minimum Gasteiger partial charge on any atom is -0.390 e. The van der Waals surface area contributed by atoms with E-state index in [1.165, 1.54) is 13.2 Å². The Morgan fingerprint density at radius 2 is 0.810 bits per heavy atom. The highest BCUT2D eigenvalue weighted by Crippen LogP contribution is 2.75. The molecule has 0 unspecified atom stereocenters. The number of aliphatic hydroxyl groups is 9. The molecule has 2 amide bonds. The summed E-state index contributed by atoms with van der Waals surface area (Å²) in [6, 6.07) is 0. The largest absolute Gasteiger partial charge is 0.390 e. The number of hydrogen-bond donors (Lipinski definition) is 11. The van der Waals surface area contributed by atoms with E-state index in [0.717, 1.165) is 0 Å². The molecule has 116 heavy (non-hydrogen) atoms. The monoisotopic (exact) mass is 1630 g/mol. The molecule has 0 aromatic carbocycles. The first kappa shape index (κ1) is 89.2. The molecule has 9 fully saturated rings. The second kappa shape index (κ2) is 33.1. The van der Waals surface area contributed by atoms with Crippen molar-refractivity contribution < 1.29 is 121 Å². The van der Waals surface area contributed by atoms with E-state index in [4.69, 9.17) is 28.4 Å². The van der Waals surface area contributed by atoms with Crippen molar-refractivity contribution in [3.05, 3.63) is 71.4 Å². The predicted molar refractivity (Wildman–Crippen MR) is 416 cm³/mol. The van der Waals surface area contributed by atoms with Gasteiger partial charge >= 0.3 is 0 Å². The molecule has 24 atom stereocenters. The molecule has 12 aliphatic carbocycles. The molecule has 30 heteroatoms. The van der Waals surface area contributed by atoms with E-state index in [-0.39, 0.29) is 64.0 Å². The average molecular weight is 1630 g/mol. The number of rotatable bonds is 33. The van der Waals surface area contributed by atoms with Crippen LogP contribution < -0.4 is 10.7 Å². The van der Waals surface area contributed by atoms with Crippen molar-refractivity contribution in [2.24, 2.45) is 106 Å². The van der Waals surface area contributed by atoms with Crippen LogP contribution in [0.15, 0.2) is 86.5 Å². The lowest BCUT2D eigenvalue weighted by molar-refractivity contribution is -0.219. The summed E-state index contributed by atoms with van der Waals surface area (Å²) in [4.78, 5) is 104. The molecule has 27 nitrogen and oxygen atoms in total. The highest BCUT2D eigenvalue weighted by molar-refractivity contribution is 6.08. The lowest BCUT2D eigenvalue weighted by atomic mass is 9.44. The number of alkyl halides is 3. The maximum atomic E-state index is 18.3. The van der Waals surface area contributed by atoms with Crippen LogP contribution in [-0.4, -0.2) is 275 Å². The van der Waals surface area contributed by atoms with E-state index >= 15 is 13.2 Å². The number of nitrogens with zero attached hydrogens (tertiary/aromatic N) is 3. The Balaban J connectivity index is 0.742. The van der Waals surface area contributed by atoms with Crippen molar-refractivity contribution in [1.29, 1.82) is 0 Å². The number of carbonyl (C=O) groups excluding carboxylic acids is 7. The minimum atomic E-state index is -2.24. The lowest BCUT2D eigenvalue weighted by Gasteiger charge is -2.62. The maximum absolute atomic E-state index is 18.3. The van der Waals surface area contributed by atoms with Crippen LogP contribution in [0.3, 0.4) is 0 Å². The van der Waals surface area contributed by atoms with Crippen LogP contribution in [0, 0.1) is 91.2 Å². The van der Waals surface area contributed by atoms with Crippen molar-refractivity contribution in [3.63, 3.8) is 0 Å². The van der Waals surface area contributed by atoms with Gasteiger partial charge in [0.1, 0.15) is 76.1 Å². The molecule has 0 heterocycles. The maximum Gasteiger partial charge on any atom is 0.266 e. The van der Waals surface area contributed by atoms with Crippen LogP contribution in [0.4, 0.5) is 13.2 Å². The number of aliphatic imine (C=N–C) groups is 2. The third-order valence-corrected chi connectivity index (χ3v) is 31.2. The molecule has 11 N–H and O–H groups in total. The fourth-order valence-corrected chi connectivity index (χ4v) is 25.0. The Kier molecular flexibility index (Phi) is 25.4. The number of carbonyl (C=O) groups is 7. The van der Waals surface area contributed by atoms with Crippen molar-refractivity contribution in [2.75, 3.05) is 119 Å². The van der Waals surface area contributed by atoms with Crippen LogP contribution in [0.2, 0.25) is 0 Å². The molecule has 9 saturated carbocycles. The van der Waals surface area contributed by atoms with Gasteiger partial charge in [0.15, 0.2) is 45.9 Å². The number of halogens is 3. The van der Waals surface area contributed by atoms with Crippen LogP contribution in [0.5, 0.6) is 0 Å². The molecule has 12 rings (SSSR count). The quantitative estimate of drug-likeness (QED) is 0.0322. The topological polar surface area (TPSA) is 418 Å². The molecule has 12 aliphatic rings. The second-order valence-electron chi connectivity index (χ2n) is 37.1. The first-order valence-corrected chi connectivity index (χ1v) is 41.1. The van der Waals surface area contributed by atoms with E-state index in [1.807, 2.05) is 0 Å². The third kappa shape index (κ3) is 14.0. The second-order valence-corrected chi connectivity index (χ2v) is 37.1. The fourth-order valence-electron chi connectivity index (χ4n) is 25.0. The minimum absolute atomic E-state index is 0.113. The number of hydrazone groups is 1. The van der Waals surface area contributed by atoms with E-state index in [2.05, 4.69) is 25.8 Å². The van der Waals surface area contributed by atoms with Crippen molar-refractivity contribution in [2.45, 2.75) is 191 Å². The number of hydrogen-bond acceptors (Lipinski definition) is 25. The van der Waals surface area contributed by atoms with Crippen molar-refractivity contribution in [1.82, 2.24) is 10.7 Å². The van der Waals surface area contributed by atoms with Gasteiger partial charge in [-0.3, -0.25) is 43.5 Å². The van der Waals surface area contributed by atoms with Gasteiger partial charge in [0, 0.05) is 63.9 Å². The predicted octanol–water partition coefficient (Wildman–Crippen LogP) is 4.33. The standard InChI is InChI=1S/C86H120F3N5O22/c1-49-27-63-60-14-11-52-30-55(17-20-74(52,4)81(60,87)66(100)33-77(63,7)84(49,108)69(103)38-95)91-36-58(98)41-113-45-80(47-115-43-72(106)90-23-24-112-26-25-111-10,46-114-42-59(99)37-92-56-18-21-75(5)53(31-56)12-15-61-64-28-50(2)85(109,70(104)39-96)78(64,8)34-67(101)82(61,75)88)48-116-44-73(107)94-93-57-19-22-76(6)54(32-57)13-16-62-65-29-51(3)86(110,71(105)40-97)79(65,9)35-68(102)83(62,76)89/h17-22,30-32,49-51,60-68,95-97,100-102,108-110H,11-16,23-29,33-48H2,1-10H3,(H,90,106)(H,94,107)/b91-55?,92-56?,93-57+/t49-,50-,51-,60+,61+,62+,63+,64+,65+,66+,67+,68+,74+,75+,76+,77+,78+,79+,80?,81+,82+,83+,84+,85+,86+/m1/s1. The number of amides is 2. The smallest absolute Gasteiger partial charge is 0.266 e. The van der Waals surface area contributed by atoms with Gasteiger partial charge in [-0.05, 0) is 170 Å². The van der Waals surface area contributed by atoms with Gasteiger partial charge in [-0.1, -0.05) is 76.5 Å². The van der Waals surface area contributed by atoms with Crippen LogP contribution in [-0.2, 0) is 62.0 Å². The van der Waals surface area contributed by atoms with Crippen LogP contribution in [0.25, 0.3) is 0 Å². The van der Waals surface area contributed by atoms with Gasteiger partial charge in [0.2, 0.25) is 5.91 Å². The molecular weight excluding hydrogens is 1510 g/mol. The molecule has 0 aliphatic heterocycles. The molecule has 0 saturated heterocycles. The number of fused-ring (bicyclic) bond motifs is 15. The Labute approximate surface area is 675 Å². The van der Waals surface area contributed by atoms with Gasteiger partial charge in [-0.25, -0.2) is 18.6 Å². The molecule has 0 aromatic heterocycles. The molecule has 0 spiro atoms. The summed E-state index contributed by atoms with van der Waals surface area (Å²) in [7, 11) is 1.52. The van der Waals surface area contributed by atoms with Gasteiger partial charge in [0.25, 0.3) is 5.91 Å². The highest BCUT2D eigenvalue weighted by atomic mass is 19.2. The first-order chi connectivity index (χ1) is 54.6. The Bertz CT molecular complexity index is 3770. The number of allylic oxidation sites excluding steroid dienone is 12. The first-order valence-electron chi connectivity index (χ1n) is 41.1. The normalized spacial score (nSPS) is 43.1. The fraction of sp³-hybridized carbons (Fsp3) is 0.744. The van der Waals surface area contributed by atoms with Crippen molar-refractivity contribution >= 4 is 57.9 Å². The van der Waals surface area contributed by atoms with Gasteiger partial charge in [-0.2, -0.15) is 5.10 Å². The van der Waals surface area contributed by atoms with E-state index < -0.39 is 270 Å². The van der Waals surface area contributed by atoms with E-state index in [9.17, 15) is 79.5 Å². The number of Topliss-reactive ketones (excluding diaryl/α,β-unsaturated/α-hetero) is 5. The van der Waals surface area contributed by atoms with Gasteiger partial charge in [0.05, 0.1) is 87.1 Å². The Morgan fingerprint density at radius 1 is 0.474 bits per heavy atom. The zero-order valence-corrected chi connectivity index (χ0v) is 68.4. The third-order valence-electron chi connectivity index (χ3n) is 31.2. The summed E-state index contributed by atoms with van der Waals surface area (Å²) in [5, 5.41) is 109. The van der Waals surface area contributed by atoms with Gasteiger partial charge in [-0.15, -0.1) is 0 Å². The van der Waals surface area contributed by atoms with Crippen molar-refractivity contribution in [3.8, 4) is 0 Å². The highest BCUT2D eigenvalue weighted by Gasteiger charge is 2.79. The Hall–Kier alpha value is -6.07. The molecule has 642 valence electrons. The van der Waals surface area contributed by atoms with Crippen LogP contribution >= 0.6 is 0 Å². The number of ketones is 5. The van der Waals surface area contributed by atoms with E-state index in [0.29, 0.717) is 73.3 Å². The SMILES string of the molecule is COCCOCCNC(=O)COCC(COCC(=O)CN=C1C=C[C@@]2(C)C(=C1)CC[C@H]1[C@@H]3C[C@@H](C)[C@](O)(C(=O)CO)[C@@]3(C)C[C@H](O)[C@@]12F)(COCC(=O)CN=C1C=C[C@@]2(C)C(=C1)CC[C@H]1[C@@H]3C[C@@H](C)[C@](O)(C(=O)CO)[C@@]3(C)C[C@H](O)[C@@]12F)COCC(=O)N/N=C1\C=C[C@@]2(C)C(=C1)CC[C@H]1[C@@H]3C[C@@H](C)[C@](O)(C(=O)CO)[C@@]3(C)C[C@H](O)[C@@]12F. The van der Waals surface area contributed by atoms with E-state index in [1.54, 1.807) is 111 Å². The molecule has 0 bridgehead atoms. The zero-order chi connectivity index (χ0) is 84.6. The summed E-state index contributed by atoms with van der Waals surface area (Å²) < 4.78 is 89.8. The number of aliphatic hydroxyl groups excluding tert-OH is 6. The molecule has 0 radical (unpaired) electrons. The zero-order valence-electron chi connectivity index (χ0n) is 68.4. The Morgan fingerprint density at radius 3 is 1.16 bits per heavy atom. The molecule has 0 aromatic rings. The number of ether oxygens (including phenoxy) is 6. The summed E-state index contributed by atoms with van der Waals surface area (Å²) in [6.45, 7) is 8.66. The number of methoxy groups -OCH3 is 1. The summed E-state index contributed by atoms with van der Waals surface area (Å²) in [5.74, 6) is -10.3. The number of nitrogens with one attached hydrogen (secondary N) is 2. The summed E-state index contributed by atoms with van der Waals surface area (Å²) in [6.07, 6.45) is 12.0. The molecular formula is C86H120F3N5O22. The summed E-state index contributed by atoms with van der Waals surface area (Å²) >= 11 is 0. The van der Waals surface area contributed by atoms with Gasteiger partial charge < -0.3 is 79.7 Å². The summed E-state index contributed by atoms with van der Waals surface area (Å²) in [5.41, 5.74) is -16.6.